The molecule has 4 aromatic rings. The molecule has 16 heteroatoms. The number of aromatic nitrogens is 10. The molecule has 154 valence electrons. The third-order valence-electron chi connectivity index (χ3n) is 4.29. The van der Waals surface area contributed by atoms with Gasteiger partial charge in [-0.15, -0.1) is 20.4 Å². The molecular formula is C14H12N10O4S2. The molecule has 4 aromatic heterocycles. The second-order valence-corrected chi connectivity index (χ2v) is 8.18. The third kappa shape index (κ3) is 3.00. The summed E-state index contributed by atoms with van der Waals surface area (Å²) in [5.74, 6) is 0. The van der Waals surface area contributed by atoms with E-state index in [-0.39, 0.29) is 32.6 Å². The van der Waals surface area contributed by atoms with Gasteiger partial charge >= 0.3 is 11.4 Å². The zero-order valence-corrected chi connectivity index (χ0v) is 17.6. The first kappa shape index (κ1) is 19.9. The van der Waals surface area contributed by atoms with Gasteiger partial charge in [0, 0.05) is 28.2 Å². The first-order valence-electron chi connectivity index (χ1n) is 8.16. The van der Waals surface area contributed by atoms with Gasteiger partial charge < -0.3 is 0 Å². The van der Waals surface area contributed by atoms with E-state index in [9.17, 15) is 19.2 Å². The molecule has 0 bridgehead atoms. The van der Waals surface area contributed by atoms with E-state index in [4.69, 9.17) is 0 Å². The van der Waals surface area contributed by atoms with E-state index in [1.165, 1.54) is 37.3 Å². The largest absolute Gasteiger partial charge is 0.332 e. The van der Waals surface area contributed by atoms with Gasteiger partial charge in [-0.2, -0.15) is 9.97 Å². The Morgan fingerprint density at radius 2 is 0.933 bits per heavy atom. The zero-order chi connectivity index (χ0) is 21.7. The molecule has 0 aliphatic heterocycles. The van der Waals surface area contributed by atoms with Crippen molar-refractivity contribution >= 4 is 43.9 Å². The van der Waals surface area contributed by atoms with Crippen LogP contribution in [0.5, 0.6) is 0 Å². The summed E-state index contributed by atoms with van der Waals surface area (Å²) in [6.45, 7) is 0. The quantitative estimate of drug-likeness (QED) is 0.316. The molecule has 0 saturated carbocycles. The summed E-state index contributed by atoms with van der Waals surface area (Å²) in [6.07, 6.45) is 0. The van der Waals surface area contributed by atoms with Crippen molar-refractivity contribution in [1.82, 2.24) is 48.6 Å². The number of hydrogen-bond donors (Lipinski definition) is 0. The molecular weight excluding hydrogens is 436 g/mol. The van der Waals surface area contributed by atoms with Gasteiger partial charge in [0.25, 0.3) is 11.1 Å². The molecule has 0 aliphatic carbocycles. The minimum atomic E-state index is -0.595. The normalized spacial score (nSPS) is 11.5. The molecule has 0 N–H and O–H groups in total. The summed E-state index contributed by atoms with van der Waals surface area (Å²) in [5.41, 5.74) is -2.17. The Labute approximate surface area is 173 Å². The van der Waals surface area contributed by atoms with Crippen molar-refractivity contribution in [3.8, 4) is 0 Å². The lowest BCUT2D eigenvalue weighted by atomic mass is 10.5. The standard InChI is InChI=1S/C14H12N10O4S2/c1-21-7-5(9(25)23(3)13(21)27)17-19-11(15-7)29-30-12-16-8-6(18-20-12)10(26)24(4)14(28)22(8)2/h1-4H3. The smallest absolute Gasteiger partial charge is 0.279 e. The Bertz CT molecular complexity index is 1470. The second kappa shape index (κ2) is 7.13. The van der Waals surface area contributed by atoms with Crippen LogP contribution in [0.25, 0.3) is 22.3 Å². The Morgan fingerprint density at radius 1 is 0.567 bits per heavy atom. The van der Waals surface area contributed by atoms with E-state index >= 15 is 0 Å². The Morgan fingerprint density at radius 3 is 1.30 bits per heavy atom. The van der Waals surface area contributed by atoms with Crippen molar-refractivity contribution in [2.75, 3.05) is 0 Å². The Kier molecular flexibility index (Phi) is 4.73. The van der Waals surface area contributed by atoms with Crippen molar-refractivity contribution in [3.05, 3.63) is 41.7 Å². The van der Waals surface area contributed by atoms with Crippen molar-refractivity contribution in [2.24, 2.45) is 28.2 Å². The number of aryl methyl sites for hydroxylation is 2. The van der Waals surface area contributed by atoms with E-state index in [0.29, 0.717) is 0 Å². The average molecular weight is 448 g/mol. The predicted molar refractivity (Wildman–Crippen MR) is 107 cm³/mol. The summed E-state index contributed by atoms with van der Waals surface area (Å²) in [4.78, 5) is 56.8. The van der Waals surface area contributed by atoms with Crippen molar-refractivity contribution in [3.63, 3.8) is 0 Å². The molecule has 0 atom stereocenters. The topological polar surface area (TPSA) is 165 Å². The summed E-state index contributed by atoms with van der Waals surface area (Å²) in [7, 11) is 7.65. The Hall–Kier alpha value is -3.40. The first-order valence-corrected chi connectivity index (χ1v) is 10.3. The number of fused-ring (bicyclic) bond motifs is 2. The minimum Gasteiger partial charge on any atom is -0.279 e. The van der Waals surface area contributed by atoms with Crippen molar-refractivity contribution in [2.45, 2.75) is 10.3 Å². The molecule has 4 heterocycles. The fourth-order valence-corrected chi connectivity index (χ4v) is 4.03. The van der Waals surface area contributed by atoms with Crippen molar-refractivity contribution in [1.29, 1.82) is 0 Å². The Balaban J connectivity index is 1.71. The van der Waals surface area contributed by atoms with Gasteiger partial charge in [0.15, 0.2) is 22.3 Å². The maximum Gasteiger partial charge on any atom is 0.332 e. The maximum atomic E-state index is 12.1. The van der Waals surface area contributed by atoms with Crippen LogP contribution >= 0.6 is 21.6 Å². The highest BCUT2D eigenvalue weighted by molar-refractivity contribution is 8.76. The molecule has 0 fully saturated rings. The van der Waals surface area contributed by atoms with Crippen LogP contribution in [0.4, 0.5) is 0 Å². The van der Waals surface area contributed by atoms with Crippen LogP contribution in [-0.4, -0.2) is 48.6 Å². The molecule has 0 spiro atoms. The summed E-state index contributed by atoms with van der Waals surface area (Å²) in [6, 6.07) is 0. The minimum absolute atomic E-state index is 0.0385. The number of nitrogens with zero attached hydrogens (tertiary/aromatic N) is 10. The molecule has 0 saturated heterocycles. The number of hydrogen-bond acceptors (Lipinski definition) is 12. The van der Waals surface area contributed by atoms with Gasteiger partial charge in [-0.25, -0.2) is 9.59 Å². The van der Waals surface area contributed by atoms with Gasteiger partial charge in [0.1, 0.15) is 0 Å². The van der Waals surface area contributed by atoms with Crippen LogP contribution in [0.3, 0.4) is 0 Å². The first-order chi connectivity index (χ1) is 14.2. The van der Waals surface area contributed by atoms with Crippen LogP contribution in [0.15, 0.2) is 29.5 Å². The lowest BCUT2D eigenvalue weighted by molar-refractivity contribution is 0.690. The van der Waals surface area contributed by atoms with Gasteiger partial charge in [-0.3, -0.25) is 27.9 Å². The van der Waals surface area contributed by atoms with Crippen LogP contribution in [0.1, 0.15) is 0 Å². The van der Waals surface area contributed by atoms with Crippen LogP contribution < -0.4 is 22.5 Å². The van der Waals surface area contributed by atoms with E-state index in [0.717, 1.165) is 30.7 Å². The number of rotatable bonds is 3. The van der Waals surface area contributed by atoms with Crippen LogP contribution in [0.2, 0.25) is 0 Å². The van der Waals surface area contributed by atoms with E-state index in [1.807, 2.05) is 0 Å². The van der Waals surface area contributed by atoms with Crippen molar-refractivity contribution < 1.29 is 0 Å². The highest BCUT2D eigenvalue weighted by Crippen LogP contribution is 2.32. The highest BCUT2D eigenvalue weighted by Gasteiger charge is 2.16. The molecule has 0 radical (unpaired) electrons. The average Bonchev–Trinajstić information content (AvgIpc) is 2.76. The molecule has 0 aliphatic rings. The molecule has 0 unspecified atom stereocenters. The molecule has 30 heavy (non-hydrogen) atoms. The summed E-state index contributed by atoms with van der Waals surface area (Å²) < 4.78 is 4.23. The fourth-order valence-electron chi connectivity index (χ4n) is 2.62. The second-order valence-electron chi connectivity index (χ2n) is 6.11. The van der Waals surface area contributed by atoms with Crippen LogP contribution in [0, 0.1) is 0 Å². The lowest BCUT2D eigenvalue weighted by Gasteiger charge is -2.07. The van der Waals surface area contributed by atoms with E-state index in [1.54, 1.807) is 0 Å². The summed E-state index contributed by atoms with van der Waals surface area (Å²) >= 11 is 0. The molecule has 4 rings (SSSR count). The van der Waals surface area contributed by atoms with E-state index in [2.05, 4.69) is 30.4 Å². The van der Waals surface area contributed by atoms with Gasteiger partial charge in [0.2, 0.25) is 10.3 Å². The van der Waals surface area contributed by atoms with Gasteiger partial charge in [-0.05, 0) is 21.6 Å². The lowest BCUT2D eigenvalue weighted by Crippen LogP contribution is -2.38. The summed E-state index contributed by atoms with van der Waals surface area (Å²) in [5, 5.41) is 15.8. The SMILES string of the molecule is Cn1c(=O)c2nnc(SSc3nnc4c(=O)n(C)c(=O)n(C)c4n3)nc2n(C)c1=O. The fraction of sp³-hybridized carbons (Fsp3) is 0.286. The maximum absolute atomic E-state index is 12.1. The molecule has 0 amide bonds. The predicted octanol–water partition coefficient (Wildman–Crippen LogP) is -2.04. The highest BCUT2D eigenvalue weighted by atomic mass is 33.1. The van der Waals surface area contributed by atoms with Crippen LogP contribution in [-0.2, 0) is 28.2 Å². The third-order valence-corrected chi connectivity index (χ3v) is 6.16. The monoisotopic (exact) mass is 448 g/mol. The van der Waals surface area contributed by atoms with Gasteiger partial charge in [0.05, 0.1) is 0 Å². The van der Waals surface area contributed by atoms with Gasteiger partial charge in [-0.1, -0.05) is 0 Å². The zero-order valence-electron chi connectivity index (χ0n) is 15.9. The van der Waals surface area contributed by atoms with E-state index < -0.39 is 22.5 Å². The molecule has 0 aromatic carbocycles. The molecule has 14 nitrogen and oxygen atoms in total.